The predicted molar refractivity (Wildman–Crippen MR) is 70.3 cm³/mol. The molecular formula is C12H10BrN3O. The molecule has 3 rings (SSSR count). The Bertz CT molecular complexity index is 720. The number of alkyl halides is 1. The minimum Gasteiger partial charge on any atom is -0.493 e. The van der Waals surface area contributed by atoms with Crippen LogP contribution in [0.2, 0.25) is 0 Å². The summed E-state index contributed by atoms with van der Waals surface area (Å²) >= 11 is 3.43. The fourth-order valence-electron chi connectivity index (χ4n) is 2.12. The standard InChI is InChI=1S/C12H10BrN3O/c1-16-11-10(9(6-13)15-16)7-4-2-3-5-8(7)12(17)14-11/h2-5H,6H2,1H3,(H,14,17). The smallest absolute Gasteiger partial charge is 0.220 e. The van der Waals surface area contributed by atoms with Gasteiger partial charge in [-0.05, 0) is 6.07 Å². The number of halogens is 1. The van der Waals surface area contributed by atoms with E-state index in [-0.39, 0.29) is 5.88 Å². The van der Waals surface area contributed by atoms with Gasteiger partial charge in [-0.3, -0.25) is 4.68 Å². The molecule has 3 aromatic rings. The molecule has 0 fully saturated rings. The molecule has 0 unspecified atom stereocenters. The summed E-state index contributed by atoms with van der Waals surface area (Å²) in [6.45, 7) is 0. The third-order valence-electron chi connectivity index (χ3n) is 2.87. The highest BCUT2D eigenvalue weighted by Gasteiger charge is 2.14. The summed E-state index contributed by atoms with van der Waals surface area (Å²) in [4.78, 5) is 4.21. The van der Waals surface area contributed by atoms with Crippen LogP contribution in [0.3, 0.4) is 0 Å². The van der Waals surface area contributed by atoms with Crippen molar-refractivity contribution in [2.45, 2.75) is 5.33 Å². The zero-order valence-electron chi connectivity index (χ0n) is 9.18. The van der Waals surface area contributed by atoms with Crippen LogP contribution in [0.25, 0.3) is 21.8 Å². The first-order valence-corrected chi connectivity index (χ1v) is 6.33. The second-order valence-corrected chi connectivity index (χ2v) is 4.44. The van der Waals surface area contributed by atoms with Gasteiger partial charge < -0.3 is 5.11 Å². The minimum atomic E-state index is 0.0530. The van der Waals surface area contributed by atoms with Gasteiger partial charge in [-0.25, -0.2) is 0 Å². The summed E-state index contributed by atoms with van der Waals surface area (Å²) in [6.07, 6.45) is 0. The Morgan fingerprint density at radius 2 is 2.00 bits per heavy atom. The molecule has 17 heavy (non-hydrogen) atoms. The van der Waals surface area contributed by atoms with Gasteiger partial charge in [0.25, 0.3) is 0 Å². The molecule has 0 spiro atoms. The maximum Gasteiger partial charge on any atom is 0.220 e. The number of rotatable bonds is 1. The van der Waals surface area contributed by atoms with Gasteiger partial charge in [-0.1, -0.05) is 34.1 Å². The van der Waals surface area contributed by atoms with E-state index >= 15 is 0 Å². The second-order valence-electron chi connectivity index (χ2n) is 3.88. The van der Waals surface area contributed by atoms with Crippen LogP contribution in [0.15, 0.2) is 24.3 Å². The van der Waals surface area contributed by atoms with Crippen LogP contribution in [0.5, 0.6) is 5.88 Å². The van der Waals surface area contributed by atoms with Crippen molar-refractivity contribution in [1.82, 2.24) is 14.8 Å². The summed E-state index contributed by atoms with van der Waals surface area (Å²) in [6, 6.07) is 7.68. The Morgan fingerprint density at radius 3 is 2.71 bits per heavy atom. The molecule has 2 aromatic heterocycles. The maximum absolute atomic E-state index is 9.91. The Labute approximate surface area is 106 Å². The van der Waals surface area contributed by atoms with E-state index in [9.17, 15) is 5.11 Å². The van der Waals surface area contributed by atoms with Crippen molar-refractivity contribution in [1.29, 1.82) is 0 Å². The van der Waals surface area contributed by atoms with E-state index in [1.165, 1.54) is 0 Å². The summed E-state index contributed by atoms with van der Waals surface area (Å²) < 4.78 is 1.69. The molecule has 2 heterocycles. The van der Waals surface area contributed by atoms with Crippen LogP contribution in [0.1, 0.15) is 5.69 Å². The van der Waals surface area contributed by atoms with E-state index in [1.54, 1.807) is 4.68 Å². The van der Waals surface area contributed by atoms with Gasteiger partial charge in [0.1, 0.15) is 0 Å². The first kappa shape index (κ1) is 10.5. The van der Waals surface area contributed by atoms with Gasteiger partial charge in [0.05, 0.1) is 11.1 Å². The molecule has 1 N–H and O–H groups in total. The fraction of sp³-hybridized carbons (Fsp3) is 0.167. The fourth-order valence-corrected chi connectivity index (χ4v) is 2.52. The van der Waals surface area contributed by atoms with Crippen molar-refractivity contribution < 1.29 is 5.11 Å². The number of benzene rings is 1. The van der Waals surface area contributed by atoms with Crippen molar-refractivity contribution in [2.75, 3.05) is 0 Å². The number of fused-ring (bicyclic) bond motifs is 3. The van der Waals surface area contributed by atoms with Crippen molar-refractivity contribution in [3.05, 3.63) is 30.0 Å². The second kappa shape index (κ2) is 3.70. The Hall–Kier alpha value is -1.62. The van der Waals surface area contributed by atoms with E-state index in [1.807, 2.05) is 31.3 Å². The maximum atomic E-state index is 9.91. The molecule has 0 amide bonds. The summed E-state index contributed by atoms with van der Waals surface area (Å²) in [5.74, 6) is 0.0530. The van der Waals surface area contributed by atoms with E-state index < -0.39 is 0 Å². The lowest BCUT2D eigenvalue weighted by atomic mass is 10.1. The van der Waals surface area contributed by atoms with Crippen molar-refractivity contribution in [3.63, 3.8) is 0 Å². The summed E-state index contributed by atoms with van der Waals surface area (Å²) in [7, 11) is 1.83. The highest BCUT2D eigenvalue weighted by Crippen LogP contribution is 2.32. The van der Waals surface area contributed by atoms with Gasteiger partial charge >= 0.3 is 0 Å². The van der Waals surface area contributed by atoms with Crippen molar-refractivity contribution in [3.8, 4) is 5.88 Å². The number of hydrogen-bond donors (Lipinski definition) is 1. The largest absolute Gasteiger partial charge is 0.493 e. The van der Waals surface area contributed by atoms with Crippen LogP contribution in [-0.4, -0.2) is 19.9 Å². The zero-order chi connectivity index (χ0) is 12.0. The van der Waals surface area contributed by atoms with Crippen LogP contribution < -0.4 is 0 Å². The first-order valence-electron chi connectivity index (χ1n) is 5.21. The Kier molecular flexibility index (Phi) is 2.29. The highest BCUT2D eigenvalue weighted by molar-refractivity contribution is 9.08. The van der Waals surface area contributed by atoms with Crippen molar-refractivity contribution in [2.24, 2.45) is 7.05 Å². The SMILES string of the molecule is Cn1nc(CBr)c2c3ccccc3c(O)nc21. The molecular weight excluding hydrogens is 282 g/mol. The number of nitrogens with zero attached hydrogens (tertiary/aromatic N) is 3. The van der Waals surface area contributed by atoms with Gasteiger partial charge in [0.15, 0.2) is 5.65 Å². The highest BCUT2D eigenvalue weighted by atomic mass is 79.9. The molecule has 1 aromatic carbocycles. The molecule has 0 saturated heterocycles. The van der Waals surface area contributed by atoms with E-state index in [4.69, 9.17) is 0 Å². The average molecular weight is 292 g/mol. The molecule has 0 aliphatic rings. The molecule has 0 bridgehead atoms. The molecule has 0 radical (unpaired) electrons. The third kappa shape index (κ3) is 1.42. The first-order chi connectivity index (χ1) is 8.22. The molecule has 4 nitrogen and oxygen atoms in total. The lowest BCUT2D eigenvalue weighted by Crippen LogP contribution is -1.92. The van der Waals surface area contributed by atoms with Gasteiger partial charge in [0, 0.05) is 23.2 Å². The zero-order valence-corrected chi connectivity index (χ0v) is 10.8. The number of aromatic nitrogens is 3. The quantitative estimate of drug-likeness (QED) is 0.702. The van der Waals surface area contributed by atoms with Crippen LogP contribution in [0.4, 0.5) is 0 Å². The normalized spacial score (nSPS) is 11.4. The Morgan fingerprint density at radius 1 is 1.29 bits per heavy atom. The van der Waals surface area contributed by atoms with Crippen LogP contribution in [0, 0.1) is 0 Å². The summed E-state index contributed by atoms with van der Waals surface area (Å²) in [5.41, 5.74) is 1.64. The molecule has 0 saturated carbocycles. The van der Waals surface area contributed by atoms with Gasteiger partial charge in [0.2, 0.25) is 5.88 Å². The van der Waals surface area contributed by atoms with E-state index in [2.05, 4.69) is 26.0 Å². The van der Waals surface area contributed by atoms with E-state index in [0.29, 0.717) is 11.0 Å². The third-order valence-corrected chi connectivity index (χ3v) is 3.40. The Balaban J connectivity index is 2.61. The average Bonchev–Trinajstić information content (AvgIpc) is 2.67. The van der Waals surface area contributed by atoms with Gasteiger partial charge in [-0.15, -0.1) is 0 Å². The minimum absolute atomic E-state index is 0.0530. The monoisotopic (exact) mass is 291 g/mol. The summed E-state index contributed by atoms with van der Waals surface area (Å²) in [5, 5.41) is 17.7. The molecule has 5 heteroatoms. The topological polar surface area (TPSA) is 50.9 Å². The van der Waals surface area contributed by atoms with Gasteiger partial charge in [-0.2, -0.15) is 10.1 Å². The molecule has 0 atom stereocenters. The number of aryl methyl sites for hydroxylation is 1. The van der Waals surface area contributed by atoms with Crippen LogP contribution >= 0.6 is 15.9 Å². The lowest BCUT2D eigenvalue weighted by Gasteiger charge is -2.02. The molecule has 0 aliphatic heterocycles. The molecule has 86 valence electrons. The van der Waals surface area contributed by atoms with Crippen molar-refractivity contribution >= 4 is 37.7 Å². The van der Waals surface area contributed by atoms with Crippen LogP contribution in [-0.2, 0) is 12.4 Å². The lowest BCUT2D eigenvalue weighted by molar-refractivity contribution is 0.461. The molecule has 0 aliphatic carbocycles. The predicted octanol–water partition coefficient (Wildman–Crippen LogP) is 2.72. The van der Waals surface area contributed by atoms with E-state index in [0.717, 1.165) is 21.9 Å². The number of aromatic hydroxyl groups is 1. The number of hydrogen-bond acceptors (Lipinski definition) is 3. The number of pyridine rings is 1.